The van der Waals surface area contributed by atoms with Crippen molar-refractivity contribution < 1.29 is 19.8 Å². The Morgan fingerprint density at radius 3 is 2.39 bits per heavy atom. The third-order valence-corrected chi connectivity index (χ3v) is 4.51. The minimum absolute atomic E-state index is 0.0433. The van der Waals surface area contributed by atoms with Gasteiger partial charge < -0.3 is 15.1 Å². The van der Waals surface area contributed by atoms with E-state index in [-0.39, 0.29) is 5.92 Å². The average Bonchev–Trinajstić information content (AvgIpc) is 2.84. The molecule has 1 saturated carbocycles. The Morgan fingerprint density at radius 2 is 1.83 bits per heavy atom. The van der Waals surface area contributed by atoms with Crippen molar-refractivity contribution in [1.82, 2.24) is 4.90 Å². The quantitative estimate of drug-likeness (QED) is 0.788. The van der Waals surface area contributed by atoms with Crippen LogP contribution in [0.3, 0.4) is 0 Å². The van der Waals surface area contributed by atoms with E-state index in [1.807, 2.05) is 0 Å². The molecular weight excluding hydrogens is 234 g/mol. The fourth-order valence-electron chi connectivity index (χ4n) is 3.68. The molecule has 0 aromatic rings. The average molecular weight is 255 g/mol. The molecule has 0 unspecified atom stereocenters. The van der Waals surface area contributed by atoms with E-state index in [0.29, 0.717) is 19.4 Å². The third-order valence-electron chi connectivity index (χ3n) is 4.51. The first-order valence-corrected chi connectivity index (χ1v) is 6.77. The molecule has 1 amide bonds. The number of carboxylic acids is 1. The first-order valence-electron chi connectivity index (χ1n) is 6.77. The Bertz CT molecular complexity index is 338. The summed E-state index contributed by atoms with van der Waals surface area (Å²) in [5, 5.41) is 18.7. The zero-order chi connectivity index (χ0) is 13.2. The van der Waals surface area contributed by atoms with Crippen LogP contribution < -0.4 is 0 Å². The molecule has 5 nitrogen and oxygen atoms in total. The Labute approximate surface area is 107 Å². The normalized spacial score (nSPS) is 29.5. The van der Waals surface area contributed by atoms with Crippen molar-refractivity contribution in [3.8, 4) is 0 Å². The van der Waals surface area contributed by atoms with Gasteiger partial charge in [0.2, 0.25) is 5.91 Å². The summed E-state index contributed by atoms with van der Waals surface area (Å²) >= 11 is 0. The number of carbonyl (C=O) groups is 2. The molecular formula is C13H21NO4. The number of hydrogen-bond acceptors (Lipinski definition) is 3. The molecule has 0 spiro atoms. The number of amides is 1. The van der Waals surface area contributed by atoms with Gasteiger partial charge in [0.25, 0.3) is 0 Å². The fourth-order valence-corrected chi connectivity index (χ4v) is 3.68. The summed E-state index contributed by atoms with van der Waals surface area (Å²) < 4.78 is 0. The van der Waals surface area contributed by atoms with Crippen molar-refractivity contribution in [2.75, 3.05) is 13.2 Å². The highest BCUT2D eigenvalue weighted by Crippen LogP contribution is 2.43. The Balaban J connectivity index is 2.29. The van der Waals surface area contributed by atoms with Crippen LogP contribution in [-0.2, 0) is 9.59 Å². The van der Waals surface area contributed by atoms with Crippen molar-refractivity contribution in [2.24, 2.45) is 5.92 Å². The lowest BCUT2D eigenvalue weighted by Gasteiger charge is -2.42. The van der Waals surface area contributed by atoms with Crippen LogP contribution in [0.4, 0.5) is 0 Å². The predicted octanol–water partition coefficient (Wildman–Crippen LogP) is 1.00. The van der Waals surface area contributed by atoms with Crippen molar-refractivity contribution in [3.05, 3.63) is 0 Å². The van der Waals surface area contributed by atoms with Crippen LogP contribution in [-0.4, -0.2) is 45.7 Å². The number of rotatable bonds is 3. The topological polar surface area (TPSA) is 77.8 Å². The first-order chi connectivity index (χ1) is 8.63. The summed E-state index contributed by atoms with van der Waals surface area (Å²) in [6.45, 7) is -0.135. The molecule has 2 aliphatic rings. The molecule has 2 rings (SSSR count). The molecule has 102 valence electrons. The van der Waals surface area contributed by atoms with Crippen LogP contribution in [0, 0.1) is 5.92 Å². The van der Waals surface area contributed by atoms with Gasteiger partial charge in [0, 0.05) is 6.54 Å². The van der Waals surface area contributed by atoms with Gasteiger partial charge in [-0.2, -0.15) is 0 Å². The van der Waals surface area contributed by atoms with Crippen LogP contribution in [0.15, 0.2) is 0 Å². The minimum atomic E-state index is -1.06. The summed E-state index contributed by atoms with van der Waals surface area (Å²) in [7, 11) is 0. The zero-order valence-corrected chi connectivity index (χ0v) is 10.6. The lowest BCUT2D eigenvalue weighted by molar-refractivity contribution is -0.162. The number of aliphatic hydroxyl groups excluding tert-OH is 1. The minimum Gasteiger partial charge on any atom is -0.479 e. The first kappa shape index (κ1) is 13.3. The third kappa shape index (κ3) is 2.00. The largest absolute Gasteiger partial charge is 0.479 e. The summed E-state index contributed by atoms with van der Waals surface area (Å²) in [5.41, 5.74) is -1.06. The second-order valence-electron chi connectivity index (χ2n) is 5.37. The molecule has 0 radical (unpaired) electrons. The zero-order valence-electron chi connectivity index (χ0n) is 10.6. The molecule has 1 aliphatic heterocycles. The summed E-state index contributed by atoms with van der Waals surface area (Å²) in [6, 6.07) is 0. The Kier molecular flexibility index (Phi) is 3.90. The van der Waals surface area contributed by atoms with E-state index in [2.05, 4.69) is 0 Å². The van der Waals surface area contributed by atoms with Crippen molar-refractivity contribution >= 4 is 11.9 Å². The van der Waals surface area contributed by atoms with Gasteiger partial charge in [-0.1, -0.05) is 19.3 Å². The molecule has 0 bridgehead atoms. The molecule has 1 atom stereocenters. The number of likely N-dealkylation sites (tertiary alicyclic amines) is 1. The summed E-state index contributed by atoms with van der Waals surface area (Å²) in [6.07, 6.45) is 6.23. The Hall–Kier alpha value is -1.10. The maximum Gasteiger partial charge on any atom is 0.329 e. The fraction of sp³-hybridized carbons (Fsp3) is 0.846. The Morgan fingerprint density at radius 1 is 1.17 bits per heavy atom. The molecule has 1 saturated heterocycles. The van der Waals surface area contributed by atoms with Crippen LogP contribution in [0.25, 0.3) is 0 Å². The molecule has 0 aromatic carbocycles. The lowest BCUT2D eigenvalue weighted by atomic mass is 9.73. The maximum absolute atomic E-state index is 11.8. The molecule has 0 aromatic heterocycles. The van der Waals surface area contributed by atoms with Gasteiger partial charge in [-0.3, -0.25) is 4.79 Å². The SMILES string of the molecule is O=C(CO)N1CCC[C@]1(C(=O)O)C1CCCCC1. The number of carbonyl (C=O) groups excluding carboxylic acids is 1. The molecule has 2 N–H and O–H groups in total. The lowest BCUT2D eigenvalue weighted by Crippen LogP contribution is -2.58. The smallest absolute Gasteiger partial charge is 0.329 e. The van der Waals surface area contributed by atoms with Gasteiger partial charge in [0.1, 0.15) is 12.1 Å². The van der Waals surface area contributed by atoms with E-state index in [4.69, 9.17) is 5.11 Å². The second kappa shape index (κ2) is 5.26. The van der Waals surface area contributed by atoms with Crippen LogP contribution in [0.1, 0.15) is 44.9 Å². The molecule has 2 fully saturated rings. The van der Waals surface area contributed by atoms with Gasteiger partial charge in [-0.15, -0.1) is 0 Å². The summed E-state index contributed by atoms with van der Waals surface area (Å²) in [4.78, 5) is 25.0. The van der Waals surface area contributed by atoms with E-state index >= 15 is 0 Å². The van der Waals surface area contributed by atoms with Crippen molar-refractivity contribution in [3.63, 3.8) is 0 Å². The number of aliphatic hydroxyl groups is 1. The molecule has 1 aliphatic carbocycles. The predicted molar refractivity (Wildman–Crippen MR) is 65.0 cm³/mol. The van der Waals surface area contributed by atoms with Crippen LogP contribution in [0.5, 0.6) is 0 Å². The highest BCUT2D eigenvalue weighted by molar-refractivity contribution is 5.88. The van der Waals surface area contributed by atoms with E-state index in [1.165, 1.54) is 4.90 Å². The highest BCUT2D eigenvalue weighted by Gasteiger charge is 2.54. The van der Waals surface area contributed by atoms with Gasteiger partial charge in [0.05, 0.1) is 0 Å². The van der Waals surface area contributed by atoms with Crippen molar-refractivity contribution in [2.45, 2.75) is 50.5 Å². The van der Waals surface area contributed by atoms with E-state index in [9.17, 15) is 14.7 Å². The summed E-state index contributed by atoms with van der Waals surface area (Å²) in [5.74, 6) is -1.30. The standard InChI is InChI=1S/C13H21NO4/c15-9-11(16)14-8-4-7-13(14,12(17)18)10-5-2-1-3-6-10/h10,15H,1-9H2,(H,17,18)/t13-/m1/s1. The number of aliphatic carboxylic acids is 1. The van der Waals surface area contributed by atoms with Gasteiger partial charge >= 0.3 is 5.97 Å². The van der Waals surface area contributed by atoms with E-state index in [1.54, 1.807) is 0 Å². The van der Waals surface area contributed by atoms with Crippen LogP contribution >= 0.6 is 0 Å². The maximum atomic E-state index is 11.8. The van der Waals surface area contributed by atoms with Crippen molar-refractivity contribution in [1.29, 1.82) is 0 Å². The van der Waals surface area contributed by atoms with Crippen LogP contribution in [0.2, 0.25) is 0 Å². The number of carboxylic acid groups (broad SMARTS) is 1. The van der Waals surface area contributed by atoms with E-state index < -0.39 is 24.0 Å². The monoisotopic (exact) mass is 255 g/mol. The number of nitrogens with zero attached hydrogens (tertiary/aromatic N) is 1. The van der Waals surface area contributed by atoms with Gasteiger partial charge in [-0.25, -0.2) is 4.79 Å². The number of hydrogen-bond donors (Lipinski definition) is 2. The molecule has 5 heteroatoms. The molecule has 18 heavy (non-hydrogen) atoms. The van der Waals surface area contributed by atoms with Gasteiger partial charge in [-0.05, 0) is 31.6 Å². The highest BCUT2D eigenvalue weighted by atomic mass is 16.4. The van der Waals surface area contributed by atoms with E-state index in [0.717, 1.165) is 32.1 Å². The van der Waals surface area contributed by atoms with Gasteiger partial charge in [0.15, 0.2) is 0 Å². The molecule has 1 heterocycles. The second-order valence-corrected chi connectivity index (χ2v) is 5.37.